The quantitative estimate of drug-likeness (QED) is 0.475. The molecule has 0 N–H and O–H groups in total. The Balaban J connectivity index is 1.31. The SMILES string of the molecule is O=C(c1ccccc1OCCOc1ccccc1)N1CCN(c2ccc(C(F)(F)F)cn2)CC1. The molecule has 178 valence electrons. The summed E-state index contributed by atoms with van der Waals surface area (Å²) in [5.41, 5.74) is -0.320. The van der Waals surface area contributed by atoms with E-state index in [-0.39, 0.29) is 12.5 Å². The fraction of sp³-hybridized carbons (Fsp3) is 0.280. The molecule has 6 nitrogen and oxygen atoms in total. The van der Waals surface area contributed by atoms with Crippen molar-refractivity contribution in [3.05, 3.63) is 84.1 Å². The van der Waals surface area contributed by atoms with Crippen molar-refractivity contribution in [2.24, 2.45) is 0 Å². The van der Waals surface area contributed by atoms with E-state index in [9.17, 15) is 18.0 Å². The maximum absolute atomic E-state index is 13.1. The van der Waals surface area contributed by atoms with E-state index < -0.39 is 11.7 Å². The molecular formula is C25H24F3N3O3. The molecule has 0 spiro atoms. The lowest BCUT2D eigenvalue weighted by Gasteiger charge is -2.35. The molecule has 3 aromatic rings. The van der Waals surface area contributed by atoms with E-state index in [0.717, 1.165) is 18.0 Å². The molecule has 2 aromatic carbocycles. The summed E-state index contributed by atoms with van der Waals surface area (Å²) in [5, 5.41) is 0. The van der Waals surface area contributed by atoms with Gasteiger partial charge in [0.25, 0.3) is 5.91 Å². The predicted octanol–water partition coefficient (Wildman–Crippen LogP) is 4.52. The van der Waals surface area contributed by atoms with Crippen molar-refractivity contribution in [1.82, 2.24) is 9.88 Å². The van der Waals surface area contributed by atoms with Crippen LogP contribution in [-0.4, -0.2) is 55.2 Å². The molecule has 0 saturated carbocycles. The molecule has 2 heterocycles. The van der Waals surface area contributed by atoms with Crippen LogP contribution in [0.25, 0.3) is 0 Å². The van der Waals surface area contributed by atoms with E-state index in [0.29, 0.717) is 49.9 Å². The third kappa shape index (κ3) is 5.78. The number of nitrogens with zero attached hydrogens (tertiary/aromatic N) is 3. The molecule has 0 unspecified atom stereocenters. The Labute approximate surface area is 195 Å². The average Bonchev–Trinajstić information content (AvgIpc) is 2.87. The topological polar surface area (TPSA) is 54.9 Å². The largest absolute Gasteiger partial charge is 0.490 e. The third-order valence-electron chi connectivity index (χ3n) is 5.44. The van der Waals surface area contributed by atoms with Crippen molar-refractivity contribution in [3.63, 3.8) is 0 Å². The molecule has 1 saturated heterocycles. The Morgan fingerprint density at radius 2 is 1.53 bits per heavy atom. The van der Waals surface area contributed by atoms with Crippen LogP contribution in [-0.2, 0) is 6.18 Å². The average molecular weight is 471 g/mol. The summed E-state index contributed by atoms with van der Waals surface area (Å²) in [6.45, 7) is 2.41. The fourth-order valence-corrected chi connectivity index (χ4v) is 3.65. The second kappa shape index (κ2) is 10.5. The number of alkyl halides is 3. The summed E-state index contributed by atoms with van der Waals surface area (Å²) < 4.78 is 49.7. The number of halogens is 3. The van der Waals surface area contributed by atoms with Crippen LogP contribution in [0.15, 0.2) is 72.9 Å². The third-order valence-corrected chi connectivity index (χ3v) is 5.44. The van der Waals surface area contributed by atoms with Gasteiger partial charge in [-0.25, -0.2) is 4.98 Å². The normalized spacial score (nSPS) is 14.1. The van der Waals surface area contributed by atoms with Crippen LogP contribution in [0, 0.1) is 0 Å². The number of carbonyl (C=O) groups is 1. The van der Waals surface area contributed by atoms with Crippen LogP contribution in [0.3, 0.4) is 0 Å². The Bertz CT molecular complexity index is 1080. The molecule has 1 amide bonds. The maximum Gasteiger partial charge on any atom is 0.417 e. The Kier molecular flexibility index (Phi) is 7.20. The molecule has 0 bridgehead atoms. The van der Waals surface area contributed by atoms with Crippen LogP contribution >= 0.6 is 0 Å². The summed E-state index contributed by atoms with van der Waals surface area (Å²) in [4.78, 5) is 20.7. The van der Waals surface area contributed by atoms with Gasteiger partial charge in [0.1, 0.15) is 30.5 Å². The van der Waals surface area contributed by atoms with Crippen LogP contribution in [0.2, 0.25) is 0 Å². The Morgan fingerprint density at radius 1 is 0.853 bits per heavy atom. The number of hydrogen-bond donors (Lipinski definition) is 0. The maximum atomic E-state index is 13.1. The van der Waals surface area contributed by atoms with Crippen LogP contribution < -0.4 is 14.4 Å². The van der Waals surface area contributed by atoms with Gasteiger partial charge in [-0.2, -0.15) is 13.2 Å². The summed E-state index contributed by atoms with van der Waals surface area (Å²) in [6, 6.07) is 18.8. The van der Waals surface area contributed by atoms with E-state index in [2.05, 4.69) is 4.98 Å². The van der Waals surface area contributed by atoms with Crippen LogP contribution in [0.5, 0.6) is 11.5 Å². The highest BCUT2D eigenvalue weighted by Gasteiger charge is 2.31. The molecule has 34 heavy (non-hydrogen) atoms. The van der Waals surface area contributed by atoms with Gasteiger partial charge in [0, 0.05) is 32.4 Å². The minimum atomic E-state index is -4.42. The minimum absolute atomic E-state index is 0.153. The number of hydrogen-bond acceptors (Lipinski definition) is 5. The zero-order valence-electron chi connectivity index (χ0n) is 18.4. The molecule has 0 aliphatic carbocycles. The second-order valence-electron chi connectivity index (χ2n) is 7.69. The van der Waals surface area contributed by atoms with Gasteiger partial charge >= 0.3 is 6.18 Å². The Morgan fingerprint density at radius 3 is 2.21 bits per heavy atom. The lowest BCUT2D eigenvalue weighted by molar-refractivity contribution is -0.137. The highest BCUT2D eigenvalue weighted by atomic mass is 19.4. The molecule has 9 heteroatoms. The first-order chi connectivity index (χ1) is 16.4. The van der Waals surface area contributed by atoms with Crippen LogP contribution in [0.4, 0.5) is 19.0 Å². The number of amides is 1. The first kappa shape index (κ1) is 23.4. The van der Waals surface area contributed by atoms with E-state index in [1.54, 1.807) is 29.2 Å². The van der Waals surface area contributed by atoms with Crippen molar-refractivity contribution in [2.45, 2.75) is 6.18 Å². The number of piperazine rings is 1. The predicted molar refractivity (Wildman–Crippen MR) is 121 cm³/mol. The second-order valence-corrected chi connectivity index (χ2v) is 7.69. The van der Waals surface area contributed by atoms with Crippen LogP contribution in [0.1, 0.15) is 15.9 Å². The highest BCUT2D eigenvalue weighted by molar-refractivity contribution is 5.97. The highest BCUT2D eigenvalue weighted by Crippen LogP contribution is 2.29. The van der Waals surface area contributed by atoms with Gasteiger partial charge in [-0.05, 0) is 36.4 Å². The standard InChI is InChI=1S/C25H24F3N3O3/c26-25(27,28)19-10-11-23(29-18-19)30-12-14-31(15-13-30)24(32)21-8-4-5-9-22(21)34-17-16-33-20-6-2-1-3-7-20/h1-11,18H,12-17H2. The molecule has 1 aliphatic heterocycles. The van der Waals surface area contributed by atoms with Crippen molar-refractivity contribution in [3.8, 4) is 11.5 Å². The van der Waals surface area contributed by atoms with E-state index >= 15 is 0 Å². The number of carbonyl (C=O) groups excluding carboxylic acids is 1. The number of anilines is 1. The number of para-hydroxylation sites is 2. The molecule has 0 radical (unpaired) electrons. The monoisotopic (exact) mass is 471 g/mol. The van der Waals surface area contributed by atoms with Gasteiger partial charge < -0.3 is 19.3 Å². The van der Waals surface area contributed by atoms with E-state index in [1.807, 2.05) is 35.2 Å². The first-order valence-electron chi connectivity index (χ1n) is 10.9. The molecule has 1 aromatic heterocycles. The number of rotatable bonds is 7. The molecular weight excluding hydrogens is 447 g/mol. The van der Waals surface area contributed by atoms with Crippen molar-refractivity contribution in [1.29, 1.82) is 0 Å². The number of aromatic nitrogens is 1. The molecule has 4 rings (SSSR count). The van der Waals surface area contributed by atoms with Gasteiger partial charge in [-0.3, -0.25) is 4.79 Å². The zero-order valence-corrected chi connectivity index (χ0v) is 18.4. The first-order valence-corrected chi connectivity index (χ1v) is 10.9. The van der Waals surface area contributed by atoms with Gasteiger partial charge in [0.05, 0.1) is 11.1 Å². The number of ether oxygens (including phenoxy) is 2. The molecule has 0 atom stereocenters. The summed E-state index contributed by atoms with van der Waals surface area (Å²) in [5.74, 6) is 1.54. The number of benzene rings is 2. The lowest BCUT2D eigenvalue weighted by Crippen LogP contribution is -2.49. The summed E-state index contributed by atoms with van der Waals surface area (Å²) in [7, 11) is 0. The zero-order chi connectivity index (χ0) is 24.0. The Hall–Kier alpha value is -3.75. The summed E-state index contributed by atoms with van der Waals surface area (Å²) >= 11 is 0. The lowest BCUT2D eigenvalue weighted by atomic mass is 10.1. The van der Waals surface area contributed by atoms with Crippen molar-refractivity contribution in [2.75, 3.05) is 44.3 Å². The van der Waals surface area contributed by atoms with Crippen molar-refractivity contribution >= 4 is 11.7 Å². The van der Waals surface area contributed by atoms with Gasteiger partial charge in [0.2, 0.25) is 0 Å². The van der Waals surface area contributed by atoms with Gasteiger partial charge in [-0.15, -0.1) is 0 Å². The molecule has 1 fully saturated rings. The van der Waals surface area contributed by atoms with E-state index in [1.165, 1.54) is 6.07 Å². The fourth-order valence-electron chi connectivity index (χ4n) is 3.65. The number of pyridine rings is 1. The van der Waals surface area contributed by atoms with Gasteiger partial charge in [-0.1, -0.05) is 30.3 Å². The minimum Gasteiger partial charge on any atom is -0.490 e. The molecule has 1 aliphatic rings. The van der Waals surface area contributed by atoms with E-state index in [4.69, 9.17) is 9.47 Å². The summed E-state index contributed by atoms with van der Waals surface area (Å²) in [6.07, 6.45) is -3.58. The van der Waals surface area contributed by atoms with Gasteiger partial charge in [0.15, 0.2) is 0 Å². The van der Waals surface area contributed by atoms with Crippen molar-refractivity contribution < 1.29 is 27.4 Å². The smallest absolute Gasteiger partial charge is 0.417 e.